The van der Waals surface area contributed by atoms with Gasteiger partial charge in [-0.05, 0) is 33.1 Å². The topological polar surface area (TPSA) is 96.5 Å². The molecule has 4 rings (SSSR count). The number of amides is 1. The first-order valence-electron chi connectivity index (χ1n) is 9.31. The maximum Gasteiger partial charge on any atom is 0.272 e. The number of carbonyl (C=O) groups excluding carboxylic acids is 1. The van der Waals surface area contributed by atoms with E-state index in [4.69, 9.17) is 4.52 Å². The predicted octanol–water partition coefficient (Wildman–Crippen LogP) is 2.21. The Kier molecular flexibility index (Phi) is 4.33. The summed E-state index contributed by atoms with van der Waals surface area (Å²) in [4.78, 5) is 31.6. The number of likely N-dealkylation sites (tertiary alicyclic amines) is 1. The number of carbonyl (C=O) groups is 1. The molecule has 1 aliphatic heterocycles. The monoisotopic (exact) mass is 369 g/mol. The van der Waals surface area contributed by atoms with Crippen LogP contribution in [-0.2, 0) is 6.42 Å². The van der Waals surface area contributed by atoms with Crippen LogP contribution in [0.2, 0.25) is 0 Å². The third-order valence-corrected chi connectivity index (χ3v) is 5.28. The van der Waals surface area contributed by atoms with Crippen LogP contribution in [-0.4, -0.2) is 43.7 Å². The van der Waals surface area contributed by atoms with Gasteiger partial charge in [0.25, 0.3) is 11.5 Å². The smallest absolute Gasteiger partial charge is 0.272 e. The van der Waals surface area contributed by atoms with Crippen molar-refractivity contribution < 1.29 is 9.32 Å². The Morgan fingerprint density at radius 3 is 2.89 bits per heavy atom. The highest BCUT2D eigenvalue weighted by atomic mass is 16.5. The highest BCUT2D eigenvalue weighted by Crippen LogP contribution is 2.28. The summed E-state index contributed by atoms with van der Waals surface area (Å²) in [7, 11) is 0. The molecule has 0 unspecified atom stereocenters. The van der Waals surface area contributed by atoms with E-state index in [1.165, 1.54) is 4.52 Å². The largest absolute Gasteiger partial charge is 0.361 e. The fourth-order valence-corrected chi connectivity index (χ4v) is 3.81. The zero-order valence-corrected chi connectivity index (χ0v) is 15.8. The maximum atomic E-state index is 12.9. The van der Waals surface area contributed by atoms with E-state index in [9.17, 15) is 9.59 Å². The van der Waals surface area contributed by atoms with Crippen molar-refractivity contribution in [3.63, 3.8) is 0 Å². The van der Waals surface area contributed by atoms with Crippen molar-refractivity contribution in [3.8, 4) is 0 Å². The van der Waals surface area contributed by atoms with E-state index in [-0.39, 0.29) is 17.4 Å². The lowest BCUT2D eigenvalue weighted by Crippen LogP contribution is -2.39. The Balaban J connectivity index is 1.62. The molecule has 1 N–H and O–H groups in total. The lowest BCUT2D eigenvalue weighted by Gasteiger charge is -2.32. The Hall–Kier alpha value is -2.90. The fourth-order valence-electron chi connectivity index (χ4n) is 3.81. The van der Waals surface area contributed by atoms with E-state index in [2.05, 4.69) is 15.2 Å². The average molecular weight is 369 g/mol. The van der Waals surface area contributed by atoms with Crippen molar-refractivity contribution in [3.05, 3.63) is 50.9 Å². The normalized spacial score (nSPS) is 17.6. The summed E-state index contributed by atoms with van der Waals surface area (Å²) in [5.74, 6) is 0.637. The molecule has 142 valence electrons. The zero-order valence-electron chi connectivity index (χ0n) is 15.8. The molecule has 0 spiro atoms. The molecular formula is C19H23N5O3. The molecular weight excluding hydrogens is 346 g/mol. The number of fused-ring (bicyclic) bond motifs is 1. The molecule has 3 aromatic rings. The van der Waals surface area contributed by atoms with Gasteiger partial charge in [-0.25, -0.2) is 9.50 Å². The van der Waals surface area contributed by atoms with Crippen LogP contribution in [0.3, 0.4) is 0 Å². The molecule has 0 aliphatic carbocycles. The summed E-state index contributed by atoms with van der Waals surface area (Å²) in [6, 6.07) is 3.48. The Bertz CT molecular complexity index is 1040. The van der Waals surface area contributed by atoms with Gasteiger partial charge in [-0.2, -0.15) is 0 Å². The van der Waals surface area contributed by atoms with E-state index in [1.807, 2.05) is 17.9 Å². The summed E-state index contributed by atoms with van der Waals surface area (Å²) < 4.78 is 6.62. The molecule has 1 amide bonds. The van der Waals surface area contributed by atoms with Crippen LogP contribution in [0, 0.1) is 13.8 Å². The molecule has 27 heavy (non-hydrogen) atoms. The molecule has 8 nitrogen and oxygen atoms in total. The van der Waals surface area contributed by atoms with Gasteiger partial charge in [0.15, 0.2) is 5.65 Å². The van der Waals surface area contributed by atoms with Crippen molar-refractivity contribution in [2.24, 2.45) is 0 Å². The van der Waals surface area contributed by atoms with Gasteiger partial charge in [-0.15, -0.1) is 0 Å². The summed E-state index contributed by atoms with van der Waals surface area (Å²) in [5, 5.41) is 7.06. The van der Waals surface area contributed by atoms with Gasteiger partial charge >= 0.3 is 0 Å². The van der Waals surface area contributed by atoms with E-state index < -0.39 is 0 Å². The Labute approximate surface area is 156 Å². The highest BCUT2D eigenvalue weighted by molar-refractivity contribution is 5.96. The SMILES string of the molecule is CCc1cc(=O)n2[nH]c([C@H]3CCCN(C(=O)c4c(C)noc4C)C3)cc2n1. The number of rotatable bonds is 3. The molecule has 0 bridgehead atoms. The first-order valence-corrected chi connectivity index (χ1v) is 9.31. The van der Waals surface area contributed by atoms with Crippen LogP contribution >= 0.6 is 0 Å². The third-order valence-electron chi connectivity index (χ3n) is 5.28. The minimum atomic E-state index is -0.109. The second-order valence-electron chi connectivity index (χ2n) is 7.13. The molecule has 1 aliphatic rings. The van der Waals surface area contributed by atoms with Crippen LogP contribution in [0.4, 0.5) is 0 Å². The number of hydrogen-bond donors (Lipinski definition) is 1. The minimum Gasteiger partial charge on any atom is -0.361 e. The number of aryl methyl sites for hydroxylation is 3. The standard InChI is InChI=1S/C19H23N5O3/c1-4-14-8-17(25)24-16(20-14)9-15(21-24)13-6-5-7-23(10-13)19(26)18-11(2)22-27-12(18)3/h8-9,13,21H,4-7,10H2,1-3H3/t13-/m0/s1. The lowest BCUT2D eigenvalue weighted by molar-refractivity contribution is 0.0703. The number of aromatic nitrogens is 4. The minimum absolute atomic E-state index is 0.0457. The van der Waals surface area contributed by atoms with E-state index in [1.54, 1.807) is 19.9 Å². The summed E-state index contributed by atoms with van der Waals surface area (Å²) in [5.41, 5.74) is 3.41. The van der Waals surface area contributed by atoms with Crippen molar-refractivity contribution in [2.45, 2.75) is 46.0 Å². The molecule has 3 aromatic heterocycles. The van der Waals surface area contributed by atoms with Crippen molar-refractivity contribution in [2.75, 3.05) is 13.1 Å². The molecule has 1 atom stereocenters. The van der Waals surface area contributed by atoms with Gasteiger partial charge < -0.3 is 9.42 Å². The predicted molar refractivity (Wildman–Crippen MR) is 99.0 cm³/mol. The molecule has 1 saturated heterocycles. The van der Waals surface area contributed by atoms with E-state index in [0.717, 1.165) is 30.7 Å². The lowest BCUT2D eigenvalue weighted by atomic mass is 9.94. The maximum absolute atomic E-state index is 12.9. The number of nitrogens with zero attached hydrogens (tertiary/aromatic N) is 4. The third kappa shape index (κ3) is 3.05. The molecule has 1 fully saturated rings. The molecule has 8 heteroatoms. The number of H-pyrrole nitrogens is 1. The van der Waals surface area contributed by atoms with Crippen LogP contribution in [0.5, 0.6) is 0 Å². The number of hydrogen-bond acceptors (Lipinski definition) is 5. The molecule has 0 aromatic carbocycles. The quantitative estimate of drug-likeness (QED) is 0.763. The van der Waals surface area contributed by atoms with Crippen LogP contribution in [0.1, 0.15) is 58.9 Å². The van der Waals surface area contributed by atoms with Crippen LogP contribution in [0.25, 0.3) is 5.65 Å². The van der Waals surface area contributed by atoms with Crippen LogP contribution in [0.15, 0.2) is 21.5 Å². The van der Waals surface area contributed by atoms with Gasteiger partial charge in [-0.3, -0.25) is 14.7 Å². The van der Waals surface area contributed by atoms with Gasteiger partial charge in [0.05, 0.1) is 5.69 Å². The van der Waals surface area contributed by atoms with E-state index in [0.29, 0.717) is 35.8 Å². The number of piperidine rings is 1. The first-order chi connectivity index (χ1) is 13.0. The first kappa shape index (κ1) is 17.5. The summed E-state index contributed by atoms with van der Waals surface area (Å²) in [6.07, 6.45) is 2.57. The fraction of sp³-hybridized carbons (Fsp3) is 0.474. The molecule has 4 heterocycles. The average Bonchev–Trinajstić information content (AvgIpc) is 3.25. The van der Waals surface area contributed by atoms with Crippen LogP contribution < -0.4 is 5.56 Å². The van der Waals surface area contributed by atoms with Crippen molar-refractivity contribution in [1.82, 2.24) is 24.7 Å². The zero-order chi connectivity index (χ0) is 19.1. The van der Waals surface area contributed by atoms with Crippen molar-refractivity contribution >= 4 is 11.6 Å². The number of nitrogens with one attached hydrogen (secondary N) is 1. The second kappa shape index (κ2) is 6.68. The molecule has 0 radical (unpaired) electrons. The Morgan fingerprint density at radius 1 is 1.37 bits per heavy atom. The van der Waals surface area contributed by atoms with Gasteiger partial charge in [-0.1, -0.05) is 12.1 Å². The summed E-state index contributed by atoms with van der Waals surface area (Å²) >= 11 is 0. The molecule has 0 saturated carbocycles. The highest BCUT2D eigenvalue weighted by Gasteiger charge is 2.29. The summed E-state index contributed by atoms with van der Waals surface area (Å²) in [6.45, 7) is 6.82. The number of aromatic amines is 1. The second-order valence-corrected chi connectivity index (χ2v) is 7.13. The van der Waals surface area contributed by atoms with Crippen molar-refractivity contribution in [1.29, 1.82) is 0 Å². The van der Waals surface area contributed by atoms with Gasteiger partial charge in [0.2, 0.25) is 0 Å². The Morgan fingerprint density at radius 2 is 2.19 bits per heavy atom. The van der Waals surface area contributed by atoms with Gasteiger partial charge in [0, 0.05) is 42.5 Å². The van der Waals surface area contributed by atoms with E-state index >= 15 is 0 Å². The van der Waals surface area contributed by atoms with Gasteiger partial charge in [0.1, 0.15) is 11.3 Å².